The van der Waals surface area contributed by atoms with Gasteiger partial charge in [0.05, 0.1) is 5.02 Å². The maximum absolute atomic E-state index is 14.8. The minimum Gasteiger partial charge on any atom is -0.294 e. The van der Waals surface area contributed by atoms with Crippen LogP contribution in [0.4, 0.5) is 4.39 Å². The minimum absolute atomic E-state index is 0.112. The molecule has 0 heterocycles. The van der Waals surface area contributed by atoms with Gasteiger partial charge in [0.2, 0.25) is 0 Å². The van der Waals surface area contributed by atoms with Gasteiger partial charge in [-0.25, -0.2) is 4.39 Å². The summed E-state index contributed by atoms with van der Waals surface area (Å²) in [5.74, 6) is -0.401. The van der Waals surface area contributed by atoms with Crippen molar-refractivity contribution in [1.82, 2.24) is 0 Å². The van der Waals surface area contributed by atoms with Crippen LogP contribution in [-0.4, -0.2) is 5.78 Å². The van der Waals surface area contributed by atoms with Gasteiger partial charge in [-0.2, -0.15) is 0 Å². The number of rotatable bonds is 4. The topological polar surface area (TPSA) is 17.1 Å². The molecule has 3 rings (SSSR count). The monoisotopic (exact) mass is 322 g/mol. The number of carbonyl (C=O) groups excluding carboxylic acids is 1. The first-order valence-electron chi connectivity index (χ1n) is 6.73. The Labute approximate surface area is 132 Å². The van der Waals surface area contributed by atoms with Crippen molar-refractivity contribution in [3.05, 3.63) is 69.7 Å². The molecule has 1 saturated carbocycles. The number of ketones is 1. The number of Topliss-reactive ketones (excluding diaryl/α,β-unsaturated/α-hetero) is 1. The first kappa shape index (κ1) is 14.6. The maximum Gasteiger partial charge on any atom is 0.164 e. The molecule has 0 saturated heterocycles. The summed E-state index contributed by atoms with van der Waals surface area (Å²) in [4.78, 5) is 12.2. The maximum atomic E-state index is 14.8. The molecule has 1 fully saturated rings. The van der Waals surface area contributed by atoms with Crippen molar-refractivity contribution < 1.29 is 9.18 Å². The van der Waals surface area contributed by atoms with Crippen molar-refractivity contribution in [2.24, 2.45) is 5.92 Å². The molecule has 2 aromatic carbocycles. The van der Waals surface area contributed by atoms with Gasteiger partial charge in [-0.15, -0.1) is 0 Å². The van der Waals surface area contributed by atoms with Crippen molar-refractivity contribution in [3.8, 4) is 0 Å². The summed E-state index contributed by atoms with van der Waals surface area (Å²) in [5, 5.41) is 0.991. The van der Waals surface area contributed by atoms with Crippen LogP contribution < -0.4 is 0 Å². The van der Waals surface area contributed by atoms with E-state index in [2.05, 4.69) is 0 Å². The molecule has 0 aromatic heterocycles. The van der Waals surface area contributed by atoms with Crippen LogP contribution in [0.3, 0.4) is 0 Å². The van der Waals surface area contributed by atoms with Crippen LogP contribution in [0.15, 0.2) is 48.5 Å². The Kier molecular flexibility index (Phi) is 3.76. The number of carbonyl (C=O) groups is 1. The second kappa shape index (κ2) is 5.43. The second-order valence-corrected chi connectivity index (χ2v) is 6.22. The van der Waals surface area contributed by atoms with Gasteiger partial charge in [0, 0.05) is 22.9 Å². The fraction of sp³-hybridized carbons (Fsp3) is 0.235. The van der Waals surface area contributed by atoms with E-state index in [0.717, 1.165) is 0 Å². The number of hydrogen-bond donors (Lipinski definition) is 0. The summed E-state index contributed by atoms with van der Waals surface area (Å²) in [5.41, 5.74) is -0.366. The smallest absolute Gasteiger partial charge is 0.164 e. The fourth-order valence-corrected chi connectivity index (χ4v) is 3.00. The van der Waals surface area contributed by atoms with Gasteiger partial charge in [-0.3, -0.25) is 4.79 Å². The average molecular weight is 323 g/mol. The van der Waals surface area contributed by atoms with Crippen molar-refractivity contribution in [2.45, 2.75) is 18.5 Å². The molecule has 108 valence electrons. The lowest BCUT2D eigenvalue weighted by atomic mass is 10.0. The van der Waals surface area contributed by atoms with Crippen LogP contribution in [0.2, 0.25) is 10.0 Å². The summed E-state index contributed by atoms with van der Waals surface area (Å²) in [6.07, 6.45) is 0.535. The van der Waals surface area contributed by atoms with E-state index in [-0.39, 0.29) is 18.1 Å². The van der Waals surface area contributed by atoms with Gasteiger partial charge in [0.25, 0.3) is 0 Å². The Balaban J connectivity index is 1.72. The fourth-order valence-electron chi connectivity index (χ4n) is 2.64. The van der Waals surface area contributed by atoms with Crippen LogP contribution in [0.1, 0.15) is 28.8 Å². The molecule has 0 aliphatic heterocycles. The van der Waals surface area contributed by atoms with E-state index >= 15 is 0 Å². The molecule has 0 unspecified atom stereocenters. The minimum atomic E-state index is -1.42. The molecule has 0 bridgehead atoms. The molecule has 1 nitrogen and oxygen atoms in total. The summed E-state index contributed by atoms with van der Waals surface area (Å²) >= 11 is 11.8. The Bertz CT molecular complexity index is 683. The first-order chi connectivity index (χ1) is 10.0. The van der Waals surface area contributed by atoms with E-state index < -0.39 is 5.67 Å². The largest absolute Gasteiger partial charge is 0.294 e. The zero-order valence-electron chi connectivity index (χ0n) is 11.2. The van der Waals surface area contributed by atoms with Crippen LogP contribution >= 0.6 is 23.2 Å². The third-order valence-corrected chi connectivity index (χ3v) is 4.54. The predicted molar refractivity (Wildman–Crippen MR) is 82.7 cm³/mol. The summed E-state index contributed by atoms with van der Waals surface area (Å²) in [6.45, 7) is 0. The van der Waals surface area contributed by atoms with Crippen LogP contribution in [0.5, 0.6) is 0 Å². The molecule has 0 amide bonds. The highest BCUT2D eigenvalue weighted by molar-refractivity contribution is 6.34. The molecule has 1 aliphatic carbocycles. The Morgan fingerprint density at radius 1 is 1.14 bits per heavy atom. The molecule has 0 spiro atoms. The van der Waals surface area contributed by atoms with Crippen LogP contribution in [0, 0.1) is 5.92 Å². The van der Waals surface area contributed by atoms with Gasteiger partial charge in [0.1, 0.15) is 5.67 Å². The molecule has 4 heteroatoms. The molecule has 2 atom stereocenters. The number of benzene rings is 2. The van der Waals surface area contributed by atoms with E-state index in [1.165, 1.54) is 0 Å². The highest BCUT2D eigenvalue weighted by Crippen LogP contribution is 2.57. The third kappa shape index (κ3) is 2.83. The van der Waals surface area contributed by atoms with Crippen molar-refractivity contribution in [3.63, 3.8) is 0 Å². The third-order valence-electron chi connectivity index (χ3n) is 3.96. The molecule has 2 aromatic rings. The summed E-state index contributed by atoms with van der Waals surface area (Å²) in [7, 11) is 0. The zero-order chi connectivity index (χ0) is 15.0. The second-order valence-electron chi connectivity index (χ2n) is 5.38. The zero-order valence-corrected chi connectivity index (χ0v) is 12.7. The predicted octanol–water partition coefficient (Wildman–Crippen LogP) is 5.45. The van der Waals surface area contributed by atoms with Gasteiger partial charge in [0.15, 0.2) is 5.78 Å². The highest BCUT2D eigenvalue weighted by atomic mass is 35.5. The Hall–Kier alpha value is -1.38. The van der Waals surface area contributed by atoms with Gasteiger partial charge in [-0.1, -0.05) is 47.5 Å². The van der Waals surface area contributed by atoms with E-state index in [1.807, 2.05) is 0 Å². The number of alkyl halides is 1. The van der Waals surface area contributed by atoms with Gasteiger partial charge in [-0.05, 0) is 36.2 Å². The van der Waals surface area contributed by atoms with Crippen molar-refractivity contribution in [1.29, 1.82) is 0 Å². The van der Waals surface area contributed by atoms with E-state index in [0.29, 0.717) is 27.6 Å². The van der Waals surface area contributed by atoms with Gasteiger partial charge < -0.3 is 0 Å². The number of halogens is 3. The lowest BCUT2D eigenvalue weighted by Gasteiger charge is -2.08. The van der Waals surface area contributed by atoms with E-state index in [9.17, 15) is 9.18 Å². The molecule has 0 radical (unpaired) electrons. The van der Waals surface area contributed by atoms with Crippen molar-refractivity contribution >= 4 is 29.0 Å². The average Bonchev–Trinajstić information content (AvgIpc) is 3.11. The highest BCUT2D eigenvalue weighted by Gasteiger charge is 2.57. The molecular formula is C17H13Cl2FO. The summed E-state index contributed by atoms with van der Waals surface area (Å²) in [6, 6.07) is 13.6. The van der Waals surface area contributed by atoms with Crippen molar-refractivity contribution in [2.75, 3.05) is 0 Å². The van der Waals surface area contributed by atoms with E-state index in [4.69, 9.17) is 23.2 Å². The lowest BCUT2D eigenvalue weighted by molar-refractivity contribution is 0.0965. The molecular weight excluding hydrogens is 310 g/mol. The molecule has 0 N–H and O–H groups in total. The standard InChI is InChI=1S/C17H13Cl2FO/c18-13-7-5-11(6-8-13)17(20)10-12(17)9-16(21)14-3-1-2-4-15(14)19/h1-8,12H,9-10H2/t12-,17+/m1/s1. The lowest BCUT2D eigenvalue weighted by Crippen LogP contribution is -2.07. The Morgan fingerprint density at radius 2 is 1.81 bits per heavy atom. The number of hydrogen-bond acceptors (Lipinski definition) is 1. The Morgan fingerprint density at radius 3 is 2.48 bits per heavy atom. The van der Waals surface area contributed by atoms with Gasteiger partial charge >= 0.3 is 0 Å². The molecule has 21 heavy (non-hydrogen) atoms. The quantitative estimate of drug-likeness (QED) is 0.684. The van der Waals surface area contributed by atoms with Crippen LogP contribution in [0.25, 0.3) is 0 Å². The van der Waals surface area contributed by atoms with Crippen LogP contribution in [-0.2, 0) is 5.67 Å². The molecule has 1 aliphatic rings. The summed E-state index contributed by atoms with van der Waals surface area (Å²) < 4.78 is 14.8. The normalized spacial score (nSPS) is 23.9. The first-order valence-corrected chi connectivity index (χ1v) is 7.49. The SMILES string of the molecule is O=C(C[C@@H]1C[C@]1(F)c1ccc(Cl)cc1)c1ccccc1Cl. The van der Waals surface area contributed by atoms with E-state index in [1.54, 1.807) is 48.5 Å².